The molecule has 0 bridgehead atoms. The van der Waals surface area contributed by atoms with E-state index in [-0.39, 0.29) is 30.5 Å². The van der Waals surface area contributed by atoms with Gasteiger partial charge in [0.15, 0.2) is 5.78 Å². The molecule has 90 valence electrons. The van der Waals surface area contributed by atoms with E-state index < -0.39 is 0 Å². The van der Waals surface area contributed by atoms with Crippen LogP contribution in [-0.2, 0) is 14.3 Å². The first kappa shape index (κ1) is 10.9. The van der Waals surface area contributed by atoms with E-state index in [1.807, 2.05) is 30.3 Å². The zero-order chi connectivity index (χ0) is 11.7. The Balaban J connectivity index is 1.91. The molecule has 2 heterocycles. The Morgan fingerprint density at radius 1 is 1.12 bits per heavy atom. The van der Waals surface area contributed by atoms with Crippen LogP contribution in [-0.4, -0.2) is 31.2 Å². The van der Waals surface area contributed by atoms with Gasteiger partial charge in [-0.15, -0.1) is 0 Å². The van der Waals surface area contributed by atoms with Crippen LogP contribution in [0, 0.1) is 0 Å². The molecule has 3 heteroatoms. The topological polar surface area (TPSA) is 35.5 Å². The average Bonchev–Trinajstić information content (AvgIpc) is 2.39. The smallest absolute Gasteiger partial charge is 0.168 e. The summed E-state index contributed by atoms with van der Waals surface area (Å²) in [5, 5.41) is 0. The lowest BCUT2D eigenvalue weighted by Crippen LogP contribution is -2.49. The predicted octanol–water partition coefficient (Wildman–Crippen LogP) is 1.92. The summed E-state index contributed by atoms with van der Waals surface area (Å²) in [5.41, 5.74) is 1.05. The molecule has 0 spiro atoms. The third kappa shape index (κ3) is 2.01. The molecule has 2 aliphatic rings. The molecule has 0 amide bonds. The van der Waals surface area contributed by atoms with Gasteiger partial charge in [-0.25, -0.2) is 0 Å². The molecule has 3 rings (SSSR count). The largest absolute Gasteiger partial charge is 0.374 e. The normalized spacial score (nSPS) is 33.2. The van der Waals surface area contributed by atoms with Crippen LogP contribution in [0.25, 0.3) is 0 Å². The third-order valence-electron chi connectivity index (χ3n) is 3.58. The molecule has 0 radical (unpaired) electrons. The number of ether oxygens (including phenoxy) is 2. The third-order valence-corrected chi connectivity index (χ3v) is 3.58. The molecule has 2 fully saturated rings. The SMILES string of the molecule is O=C1CO[C@@H]2CCCO[C@@H]2[C@H]1c1ccccc1. The van der Waals surface area contributed by atoms with Crippen molar-refractivity contribution in [2.45, 2.75) is 31.0 Å². The van der Waals surface area contributed by atoms with E-state index >= 15 is 0 Å². The molecular weight excluding hydrogens is 216 g/mol. The van der Waals surface area contributed by atoms with E-state index in [1.54, 1.807) is 0 Å². The molecule has 0 aliphatic carbocycles. The summed E-state index contributed by atoms with van der Waals surface area (Å²) < 4.78 is 11.3. The van der Waals surface area contributed by atoms with Crippen molar-refractivity contribution in [3.63, 3.8) is 0 Å². The Kier molecular flexibility index (Phi) is 2.95. The number of hydrogen-bond donors (Lipinski definition) is 0. The first-order valence-corrected chi connectivity index (χ1v) is 6.17. The molecule has 0 saturated carbocycles. The van der Waals surface area contributed by atoms with Gasteiger partial charge < -0.3 is 9.47 Å². The zero-order valence-corrected chi connectivity index (χ0v) is 9.67. The van der Waals surface area contributed by atoms with Crippen molar-refractivity contribution < 1.29 is 14.3 Å². The standard InChI is InChI=1S/C14H16O3/c15-11-9-17-12-7-4-8-16-14(12)13(11)10-5-2-1-3-6-10/h1-3,5-6,12-14H,4,7-9H2/t12-,13+,14+/m1/s1. The summed E-state index contributed by atoms with van der Waals surface area (Å²) in [6.07, 6.45) is 2.03. The molecule has 1 aromatic carbocycles. The van der Waals surface area contributed by atoms with Gasteiger partial charge in [0.05, 0.1) is 18.1 Å². The summed E-state index contributed by atoms with van der Waals surface area (Å²) in [7, 11) is 0. The van der Waals surface area contributed by atoms with Gasteiger partial charge in [0, 0.05) is 6.61 Å². The molecule has 2 saturated heterocycles. The van der Waals surface area contributed by atoms with Crippen molar-refractivity contribution in [2.75, 3.05) is 13.2 Å². The van der Waals surface area contributed by atoms with Gasteiger partial charge in [-0.1, -0.05) is 30.3 Å². The summed E-state index contributed by atoms with van der Waals surface area (Å²) in [4.78, 5) is 12.0. The van der Waals surface area contributed by atoms with Gasteiger partial charge in [-0.2, -0.15) is 0 Å². The summed E-state index contributed by atoms with van der Waals surface area (Å²) in [6, 6.07) is 9.91. The Hall–Kier alpha value is -1.19. The van der Waals surface area contributed by atoms with E-state index in [4.69, 9.17) is 9.47 Å². The van der Waals surface area contributed by atoms with Gasteiger partial charge in [0.25, 0.3) is 0 Å². The minimum atomic E-state index is -0.143. The highest BCUT2D eigenvalue weighted by molar-refractivity contribution is 5.88. The van der Waals surface area contributed by atoms with Gasteiger partial charge in [-0.3, -0.25) is 4.79 Å². The van der Waals surface area contributed by atoms with Gasteiger partial charge in [-0.05, 0) is 18.4 Å². The lowest BCUT2D eigenvalue weighted by atomic mass is 9.83. The van der Waals surface area contributed by atoms with E-state index in [0.717, 1.165) is 25.0 Å². The van der Waals surface area contributed by atoms with E-state index in [9.17, 15) is 4.79 Å². The number of hydrogen-bond acceptors (Lipinski definition) is 3. The van der Waals surface area contributed by atoms with Crippen LogP contribution >= 0.6 is 0 Å². The molecule has 2 aliphatic heterocycles. The Morgan fingerprint density at radius 3 is 2.76 bits per heavy atom. The molecule has 3 atom stereocenters. The highest BCUT2D eigenvalue weighted by Crippen LogP contribution is 2.34. The Labute approximate surface area is 101 Å². The number of Topliss-reactive ketones (excluding diaryl/α,β-unsaturated/α-hetero) is 1. The lowest BCUT2D eigenvalue weighted by molar-refractivity contribution is -0.164. The van der Waals surface area contributed by atoms with Crippen LogP contribution < -0.4 is 0 Å². The van der Waals surface area contributed by atoms with Crippen LogP contribution in [0.5, 0.6) is 0 Å². The molecular formula is C14H16O3. The number of carbonyl (C=O) groups excluding carboxylic acids is 1. The second-order valence-corrected chi connectivity index (χ2v) is 4.68. The summed E-state index contributed by atoms with van der Waals surface area (Å²) in [6.45, 7) is 0.964. The predicted molar refractivity (Wildman–Crippen MR) is 62.9 cm³/mol. The number of ketones is 1. The van der Waals surface area contributed by atoms with Crippen LogP contribution in [0.4, 0.5) is 0 Å². The Morgan fingerprint density at radius 2 is 1.94 bits per heavy atom. The highest BCUT2D eigenvalue weighted by atomic mass is 16.5. The van der Waals surface area contributed by atoms with Crippen LogP contribution in [0.1, 0.15) is 24.3 Å². The minimum absolute atomic E-state index is 0.0895. The number of fused-ring (bicyclic) bond motifs is 1. The maximum absolute atomic E-state index is 12.0. The molecule has 17 heavy (non-hydrogen) atoms. The van der Waals surface area contributed by atoms with E-state index in [0.29, 0.717) is 0 Å². The van der Waals surface area contributed by atoms with Crippen molar-refractivity contribution in [1.82, 2.24) is 0 Å². The lowest BCUT2D eigenvalue weighted by Gasteiger charge is -2.40. The second kappa shape index (κ2) is 4.59. The maximum Gasteiger partial charge on any atom is 0.168 e. The first-order valence-electron chi connectivity index (χ1n) is 6.17. The molecule has 1 aromatic rings. The highest BCUT2D eigenvalue weighted by Gasteiger charge is 2.42. The molecule has 0 aromatic heterocycles. The fourth-order valence-corrected chi connectivity index (χ4v) is 2.76. The quantitative estimate of drug-likeness (QED) is 0.742. The zero-order valence-electron chi connectivity index (χ0n) is 9.67. The van der Waals surface area contributed by atoms with Crippen LogP contribution in [0.3, 0.4) is 0 Å². The molecule has 0 N–H and O–H groups in total. The van der Waals surface area contributed by atoms with E-state index in [2.05, 4.69) is 0 Å². The van der Waals surface area contributed by atoms with Gasteiger partial charge in [0.1, 0.15) is 6.61 Å². The van der Waals surface area contributed by atoms with Crippen molar-refractivity contribution >= 4 is 5.78 Å². The van der Waals surface area contributed by atoms with Crippen molar-refractivity contribution in [3.8, 4) is 0 Å². The van der Waals surface area contributed by atoms with Gasteiger partial charge >= 0.3 is 0 Å². The summed E-state index contributed by atoms with van der Waals surface area (Å²) in [5.74, 6) is -0.00500. The molecule has 3 nitrogen and oxygen atoms in total. The van der Waals surface area contributed by atoms with Crippen molar-refractivity contribution in [3.05, 3.63) is 35.9 Å². The summed E-state index contributed by atoms with van der Waals surface area (Å²) >= 11 is 0. The number of benzene rings is 1. The maximum atomic E-state index is 12.0. The number of rotatable bonds is 1. The average molecular weight is 232 g/mol. The van der Waals surface area contributed by atoms with E-state index in [1.165, 1.54) is 0 Å². The fourth-order valence-electron chi connectivity index (χ4n) is 2.76. The van der Waals surface area contributed by atoms with Crippen LogP contribution in [0.2, 0.25) is 0 Å². The van der Waals surface area contributed by atoms with Crippen molar-refractivity contribution in [1.29, 1.82) is 0 Å². The number of carbonyl (C=O) groups is 1. The Bertz CT molecular complexity index is 401. The fraction of sp³-hybridized carbons (Fsp3) is 0.500. The monoisotopic (exact) mass is 232 g/mol. The van der Waals surface area contributed by atoms with Crippen LogP contribution in [0.15, 0.2) is 30.3 Å². The first-order chi connectivity index (χ1) is 8.36. The minimum Gasteiger partial charge on any atom is -0.374 e. The second-order valence-electron chi connectivity index (χ2n) is 4.68. The van der Waals surface area contributed by atoms with Gasteiger partial charge in [0.2, 0.25) is 0 Å². The molecule has 0 unspecified atom stereocenters. The van der Waals surface area contributed by atoms with Crippen molar-refractivity contribution in [2.24, 2.45) is 0 Å².